The Morgan fingerprint density at radius 2 is 2.36 bits per heavy atom. The van der Waals surface area contributed by atoms with E-state index >= 15 is 0 Å². The molecule has 2 aliphatic heterocycles. The lowest BCUT2D eigenvalue weighted by Gasteiger charge is -2.24. The van der Waals surface area contributed by atoms with E-state index in [4.69, 9.17) is 0 Å². The fourth-order valence-electron chi connectivity index (χ4n) is 2.09. The third-order valence-corrected chi connectivity index (χ3v) is 2.70. The van der Waals surface area contributed by atoms with E-state index in [1.807, 2.05) is 0 Å². The lowest BCUT2D eigenvalue weighted by molar-refractivity contribution is 0.329. The van der Waals surface area contributed by atoms with Crippen molar-refractivity contribution < 1.29 is 0 Å². The van der Waals surface area contributed by atoms with E-state index in [1.54, 1.807) is 5.01 Å². The first-order valence-electron chi connectivity index (χ1n) is 4.22. The van der Waals surface area contributed by atoms with Crippen molar-refractivity contribution in [3.8, 4) is 0 Å². The molecule has 0 aromatic heterocycles. The smallest absolute Gasteiger partial charge is 0.0549 e. The standard InChI is InChI=1S/C7H13N3O/c11-9-10-4-6-2-1-3-8-7(6)5-10/h6-8H,1-5H2/t6-,7+/m0/s1. The molecule has 0 radical (unpaired) electrons. The van der Waals surface area contributed by atoms with Gasteiger partial charge in [0.15, 0.2) is 0 Å². The van der Waals surface area contributed by atoms with Gasteiger partial charge in [-0.25, -0.2) is 0 Å². The molecule has 11 heavy (non-hydrogen) atoms. The highest BCUT2D eigenvalue weighted by Gasteiger charge is 2.34. The molecule has 0 amide bonds. The Labute approximate surface area is 65.9 Å². The van der Waals surface area contributed by atoms with Gasteiger partial charge in [0.1, 0.15) is 0 Å². The van der Waals surface area contributed by atoms with E-state index < -0.39 is 0 Å². The number of nitroso groups, excluding NO2 is 1. The summed E-state index contributed by atoms with van der Waals surface area (Å²) in [5.74, 6) is 0.668. The maximum atomic E-state index is 10.2. The Morgan fingerprint density at radius 3 is 3.09 bits per heavy atom. The van der Waals surface area contributed by atoms with Crippen LogP contribution in [-0.4, -0.2) is 30.7 Å². The highest BCUT2D eigenvalue weighted by Crippen LogP contribution is 2.24. The summed E-state index contributed by atoms with van der Waals surface area (Å²) in [6.07, 6.45) is 2.50. The Bertz CT molecular complexity index is 148. The van der Waals surface area contributed by atoms with Gasteiger partial charge in [0.25, 0.3) is 0 Å². The van der Waals surface area contributed by atoms with Gasteiger partial charge in [0.2, 0.25) is 0 Å². The lowest BCUT2D eigenvalue weighted by atomic mass is 9.94. The van der Waals surface area contributed by atoms with Crippen molar-refractivity contribution in [3.63, 3.8) is 0 Å². The van der Waals surface area contributed by atoms with Gasteiger partial charge >= 0.3 is 0 Å². The summed E-state index contributed by atoms with van der Waals surface area (Å²) in [4.78, 5) is 10.2. The lowest BCUT2D eigenvalue weighted by Crippen LogP contribution is -2.40. The number of fused-ring (bicyclic) bond motifs is 1. The third kappa shape index (κ3) is 1.22. The van der Waals surface area contributed by atoms with Gasteiger partial charge < -0.3 is 5.32 Å². The average Bonchev–Trinajstić information content (AvgIpc) is 2.46. The summed E-state index contributed by atoms with van der Waals surface area (Å²) in [6, 6.07) is 0.529. The molecular formula is C7H13N3O. The van der Waals surface area contributed by atoms with Crippen LogP contribution >= 0.6 is 0 Å². The van der Waals surface area contributed by atoms with Crippen LogP contribution in [-0.2, 0) is 0 Å². The maximum absolute atomic E-state index is 10.2. The Hall–Kier alpha value is -0.640. The summed E-state index contributed by atoms with van der Waals surface area (Å²) in [5, 5.41) is 7.99. The molecule has 2 rings (SSSR count). The van der Waals surface area contributed by atoms with E-state index in [-0.39, 0.29) is 0 Å². The third-order valence-electron chi connectivity index (χ3n) is 2.70. The monoisotopic (exact) mass is 155 g/mol. The zero-order valence-electron chi connectivity index (χ0n) is 6.49. The van der Waals surface area contributed by atoms with Crippen molar-refractivity contribution in [2.75, 3.05) is 19.6 Å². The number of hydrogen-bond acceptors (Lipinski definition) is 3. The molecule has 4 nitrogen and oxygen atoms in total. The van der Waals surface area contributed by atoms with Crippen molar-refractivity contribution in [3.05, 3.63) is 4.91 Å². The van der Waals surface area contributed by atoms with E-state index in [9.17, 15) is 4.91 Å². The summed E-state index contributed by atoms with van der Waals surface area (Å²) < 4.78 is 0. The molecule has 0 unspecified atom stereocenters. The number of nitrogens with one attached hydrogen (secondary N) is 1. The van der Waals surface area contributed by atoms with Crippen molar-refractivity contribution >= 4 is 0 Å². The van der Waals surface area contributed by atoms with Gasteiger partial charge in [-0.05, 0) is 25.3 Å². The first-order valence-corrected chi connectivity index (χ1v) is 4.22. The summed E-state index contributed by atoms with van der Waals surface area (Å²) >= 11 is 0. The summed E-state index contributed by atoms with van der Waals surface area (Å²) in [5.41, 5.74) is 0. The van der Waals surface area contributed by atoms with Gasteiger partial charge in [-0.2, -0.15) is 0 Å². The normalized spacial score (nSPS) is 36.9. The average molecular weight is 155 g/mol. The van der Waals surface area contributed by atoms with Crippen LogP contribution in [0.2, 0.25) is 0 Å². The second kappa shape index (κ2) is 2.77. The molecule has 2 heterocycles. The van der Waals surface area contributed by atoms with Gasteiger partial charge in [-0.15, -0.1) is 4.91 Å². The molecule has 0 aromatic rings. The number of nitrogens with zero attached hydrogens (tertiary/aromatic N) is 2. The molecule has 4 heteroatoms. The molecule has 2 aliphatic rings. The topological polar surface area (TPSA) is 44.7 Å². The number of rotatable bonds is 1. The van der Waals surface area contributed by atoms with Gasteiger partial charge in [-0.3, -0.25) is 5.01 Å². The SMILES string of the molecule is O=NN1C[C@@H]2CCCN[C@@H]2C1. The van der Waals surface area contributed by atoms with Crippen molar-refractivity contribution in [1.82, 2.24) is 10.3 Å². The highest BCUT2D eigenvalue weighted by molar-refractivity contribution is 4.90. The quantitative estimate of drug-likeness (QED) is 0.556. The predicted octanol–water partition coefficient (Wildman–Crippen LogP) is 0.352. The van der Waals surface area contributed by atoms with Crippen LogP contribution in [0.15, 0.2) is 5.29 Å². The molecule has 2 saturated heterocycles. The van der Waals surface area contributed by atoms with E-state index in [2.05, 4.69) is 10.6 Å². The largest absolute Gasteiger partial charge is 0.312 e. The summed E-state index contributed by atoms with van der Waals surface area (Å²) in [6.45, 7) is 2.78. The van der Waals surface area contributed by atoms with Crippen molar-refractivity contribution in [2.24, 2.45) is 11.2 Å². The molecule has 0 aromatic carbocycles. The van der Waals surface area contributed by atoms with Crippen LogP contribution in [0, 0.1) is 10.8 Å². The second-order valence-electron chi connectivity index (χ2n) is 3.42. The predicted molar refractivity (Wildman–Crippen MR) is 41.9 cm³/mol. The fraction of sp³-hybridized carbons (Fsp3) is 1.00. The van der Waals surface area contributed by atoms with E-state index in [1.165, 1.54) is 12.8 Å². The molecule has 0 aliphatic carbocycles. The molecule has 0 bridgehead atoms. The zero-order valence-corrected chi connectivity index (χ0v) is 6.49. The minimum absolute atomic E-state index is 0.529. The zero-order chi connectivity index (χ0) is 7.68. The van der Waals surface area contributed by atoms with Crippen LogP contribution in [0.25, 0.3) is 0 Å². The molecule has 0 spiro atoms. The maximum Gasteiger partial charge on any atom is 0.0549 e. The molecule has 62 valence electrons. The van der Waals surface area contributed by atoms with Crippen LogP contribution in [0.4, 0.5) is 0 Å². The van der Waals surface area contributed by atoms with E-state index in [0.717, 1.165) is 19.6 Å². The first kappa shape index (κ1) is 7.03. The molecule has 2 fully saturated rings. The molecule has 0 saturated carbocycles. The first-order chi connectivity index (χ1) is 5.40. The van der Waals surface area contributed by atoms with Gasteiger partial charge in [0.05, 0.1) is 11.8 Å². The van der Waals surface area contributed by atoms with Crippen LogP contribution in [0.1, 0.15) is 12.8 Å². The second-order valence-corrected chi connectivity index (χ2v) is 3.42. The van der Waals surface area contributed by atoms with Gasteiger partial charge in [-0.1, -0.05) is 0 Å². The van der Waals surface area contributed by atoms with Gasteiger partial charge in [0, 0.05) is 12.6 Å². The van der Waals surface area contributed by atoms with Crippen LogP contribution < -0.4 is 5.32 Å². The fourth-order valence-corrected chi connectivity index (χ4v) is 2.09. The molecule has 1 N–H and O–H groups in total. The Balaban J connectivity index is 1.97. The van der Waals surface area contributed by atoms with Crippen molar-refractivity contribution in [1.29, 1.82) is 0 Å². The number of hydrogen-bond donors (Lipinski definition) is 1. The van der Waals surface area contributed by atoms with Crippen molar-refractivity contribution in [2.45, 2.75) is 18.9 Å². The summed E-state index contributed by atoms with van der Waals surface area (Å²) in [7, 11) is 0. The van der Waals surface area contributed by atoms with Crippen LogP contribution in [0.5, 0.6) is 0 Å². The Morgan fingerprint density at radius 1 is 1.45 bits per heavy atom. The Kier molecular flexibility index (Phi) is 1.77. The minimum Gasteiger partial charge on any atom is -0.312 e. The molecular weight excluding hydrogens is 142 g/mol. The minimum atomic E-state index is 0.529. The molecule has 2 atom stereocenters. The van der Waals surface area contributed by atoms with E-state index in [0.29, 0.717) is 12.0 Å². The van der Waals surface area contributed by atoms with Crippen LogP contribution in [0.3, 0.4) is 0 Å². The highest BCUT2D eigenvalue weighted by atomic mass is 16.3. The number of piperidine rings is 1.